The highest BCUT2D eigenvalue weighted by Crippen LogP contribution is 2.20. The van der Waals surface area contributed by atoms with Gasteiger partial charge in [0.1, 0.15) is 42.3 Å². The molecule has 0 saturated heterocycles. The Kier molecular flexibility index (Phi) is 25.3. The van der Waals surface area contributed by atoms with Gasteiger partial charge in [-0.25, -0.2) is 4.79 Å². The van der Waals surface area contributed by atoms with Crippen LogP contribution in [0.15, 0.2) is 35.5 Å². The van der Waals surface area contributed by atoms with Crippen LogP contribution in [0, 0.1) is 17.8 Å². The summed E-state index contributed by atoms with van der Waals surface area (Å²) in [4.78, 5) is 139. The molecule has 0 fully saturated rings. The van der Waals surface area contributed by atoms with Gasteiger partial charge in [-0.15, -0.1) is 0 Å². The van der Waals surface area contributed by atoms with E-state index in [4.69, 9.17) is 17.2 Å². The van der Waals surface area contributed by atoms with Gasteiger partial charge in [-0.05, 0) is 62.5 Å². The first-order valence-corrected chi connectivity index (χ1v) is 24.0. The number of fused-ring (bicyclic) bond motifs is 1. The molecular formula is C47H75N13O13. The second kappa shape index (κ2) is 29.9. The molecule has 406 valence electrons. The minimum atomic E-state index is -1.76. The second-order valence-electron chi connectivity index (χ2n) is 18.7. The normalized spacial score (nSPS) is 15.3. The summed E-state index contributed by atoms with van der Waals surface area (Å²) in [7, 11) is 0. The Morgan fingerprint density at radius 3 is 1.84 bits per heavy atom. The van der Waals surface area contributed by atoms with E-state index >= 15 is 0 Å². The number of benzene rings is 1. The van der Waals surface area contributed by atoms with E-state index in [-0.39, 0.29) is 50.0 Å². The number of aliphatic hydroxyl groups is 1. The number of carboxylic acids is 2. The van der Waals surface area contributed by atoms with Gasteiger partial charge < -0.3 is 80.0 Å². The number of guanidine groups is 1. The van der Waals surface area contributed by atoms with Gasteiger partial charge in [0.15, 0.2) is 5.96 Å². The van der Waals surface area contributed by atoms with E-state index in [1.54, 1.807) is 72.0 Å². The number of nitrogens with two attached hydrogens (primary N) is 3. The number of aliphatic carboxylic acids is 2. The molecule has 0 radical (unpaired) electrons. The van der Waals surface area contributed by atoms with Crippen molar-refractivity contribution in [2.45, 2.75) is 148 Å². The first-order chi connectivity index (χ1) is 34.2. The van der Waals surface area contributed by atoms with E-state index in [0.717, 1.165) is 5.52 Å². The molecule has 26 nitrogen and oxygen atoms in total. The maximum Gasteiger partial charge on any atom is 0.326 e. The van der Waals surface area contributed by atoms with Crippen molar-refractivity contribution < 1.29 is 63.3 Å². The second-order valence-corrected chi connectivity index (χ2v) is 18.7. The topological polar surface area (TPSA) is 434 Å². The highest BCUT2D eigenvalue weighted by molar-refractivity contribution is 5.98. The maximum atomic E-state index is 14.2. The van der Waals surface area contributed by atoms with E-state index in [9.17, 15) is 63.3 Å². The molecule has 1 aromatic carbocycles. The summed E-state index contributed by atoms with van der Waals surface area (Å²) in [6, 6.07) is -4.05. The Balaban J connectivity index is 2.30. The fraction of sp³-hybridized carbons (Fsp3) is 0.596. The smallest absolute Gasteiger partial charge is 0.326 e. The van der Waals surface area contributed by atoms with Crippen LogP contribution in [0.25, 0.3) is 10.9 Å². The predicted octanol–water partition coefficient (Wildman–Crippen LogP) is -2.69. The molecule has 73 heavy (non-hydrogen) atoms. The fourth-order valence-corrected chi connectivity index (χ4v) is 7.23. The Morgan fingerprint density at radius 1 is 0.685 bits per heavy atom. The number of carbonyl (C=O) groups excluding carboxylic acids is 8. The van der Waals surface area contributed by atoms with Crippen molar-refractivity contribution in [3.63, 3.8) is 0 Å². The Labute approximate surface area is 423 Å². The van der Waals surface area contributed by atoms with Gasteiger partial charge in [-0.3, -0.25) is 48.1 Å². The summed E-state index contributed by atoms with van der Waals surface area (Å²) in [5.41, 5.74) is 18.2. The van der Waals surface area contributed by atoms with Crippen LogP contribution in [0.5, 0.6) is 0 Å². The summed E-state index contributed by atoms with van der Waals surface area (Å²) in [6.45, 7) is 12.0. The standard InChI is InChI=1S/C47H75N13O13/c1-9-24(6)37(44(70)58-33(46(72)73)17-22(2)3)59-42(68)32(19-35(63)64)56-39(65)25(7)54-34(62)21-53-40(66)30(15-12-16-51-47(49)50)55-41(67)31(18-27-20-52-29-14-11-10-13-28(27)29)57-45(71)38(26(8)61)60-43(69)36(48)23(4)5/h10-11,13-14,20,22-26,30-33,36-38,52,61H,9,12,15-19,21,48H2,1-8H3,(H,53,66)(H,54,62)(H,55,67)(H,56,65)(H,57,71)(H,58,70)(H,59,68)(H,60,69)(H,63,64)(H,72,73)(H4,49,50,51)/t24-,25-,26+,30-,31-,32-,33-,36-,37-,38-/m0/s1. The minimum absolute atomic E-state index is 0.0226. The van der Waals surface area contributed by atoms with Gasteiger partial charge in [0.2, 0.25) is 47.3 Å². The van der Waals surface area contributed by atoms with Crippen molar-refractivity contribution in [3.05, 3.63) is 36.0 Å². The molecule has 10 atom stereocenters. The molecular weight excluding hydrogens is 955 g/mol. The molecule has 18 N–H and O–H groups in total. The van der Waals surface area contributed by atoms with Gasteiger partial charge in [-0.2, -0.15) is 0 Å². The average Bonchev–Trinajstić information content (AvgIpc) is 3.72. The summed E-state index contributed by atoms with van der Waals surface area (Å²) >= 11 is 0. The van der Waals surface area contributed by atoms with Crippen LogP contribution in [0.3, 0.4) is 0 Å². The molecule has 26 heteroatoms. The number of carboxylic acid groups (broad SMARTS) is 2. The Morgan fingerprint density at radius 2 is 1.26 bits per heavy atom. The molecule has 1 heterocycles. The fourth-order valence-electron chi connectivity index (χ4n) is 7.23. The monoisotopic (exact) mass is 1030 g/mol. The van der Waals surface area contributed by atoms with Crippen LogP contribution in [0.1, 0.15) is 93.1 Å². The van der Waals surface area contributed by atoms with Crippen LogP contribution in [-0.4, -0.2) is 153 Å². The zero-order chi connectivity index (χ0) is 55.3. The van der Waals surface area contributed by atoms with Crippen molar-refractivity contribution in [3.8, 4) is 0 Å². The number of aromatic nitrogens is 1. The third kappa shape index (κ3) is 20.7. The van der Waals surface area contributed by atoms with E-state index in [1.807, 2.05) is 0 Å². The number of nitrogens with one attached hydrogen (secondary N) is 9. The number of amides is 8. The van der Waals surface area contributed by atoms with Gasteiger partial charge in [-0.1, -0.05) is 66.2 Å². The number of para-hydroxylation sites is 1. The van der Waals surface area contributed by atoms with Gasteiger partial charge in [0.05, 0.1) is 25.1 Å². The molecule has 0 aliphatic carbocycles. The molecule has 8 amide bonds. The molecule has 0 bridgehead atoms. The highest BCUT2D eigenvalue weighted by atomic mass is 16.4. The lowest BCUT2D eigenvalue weighted by molar-refractivity contribution is -0.144. The van der Waals surface area contributed by atoms with Crippen LogP contribution >= 0.6 is 0 Å². The van der Waals surface area contributed by atoms with Gasteiger partial charge in [0, 0.05) is 30.1 Å². The maximum absolute atomic E-state index is 14.2. The van der Waals surface area contributed by atoms with Crippen LogP contribution in [0.2, 0.25) is 0 Å². The third-order valence-electron chi connectivity index (χ3n) is 11.7. The number of nitrogens with zero attached hydrogens (tertiary/aromatic N) is 1. The van der Waals surface area contributed by atoms with Gasteiger partial charge >= 0.3 is 11.9 Å². The van der Waals surface area contributed by atoms with Crippen LogP contribution in [-0.2, 0) is 54.4 Å². The minimum Gasteiger partial charge on any atom is -0.481 e. The summed E-state index contributed by atoms with van der Waals surface area (Å²) in [5.74, 6) is -11.3. The van der Waals surface area contributed by atoms with Gasteiger partial charge in [0.25, 0.3) is 0 Å². The molecule has 1 aromatic heterocycles. The summed E-state index contributed by atoms with van der Waals surface area (Å²) < 4.78 is 0. The molecule has 0 spiro atoms. The number of carbonyl (C=O) groups is 10. The Hall–Kier alpha value is -7.35. The Bertz CT molecular complexity index is 2280. The number of hydrogen-bond acceptors (Lipinski definition) is 13. The number of aromatic amines is 1. The van der Waals surface area contributed by atoms with Crippen molar-refractivity contribution in [2.24, 2.45) is 39.9 Å². The first-order valence-electron chi connectivity index (χ1n) is 24.0. The molecule has 0 saturated carbocycles. The molecule has 2 rings (SSSR count). The van der Waals surface area contributed by atoms with E-state index in [2.05, 4.69) is 52.5 Å². The predicted molar refractivity (Wildman–Crippen MR) is 267 cm³/mol. The number of aliphatic imine (C=N–C) groups is 1. The lowest BCUT2D eigenvalue weighted by Crippen LogP contribution is -2.61. The van der Waals surface area contributed by atoms with Crippen molar-refractivity contribution in [1.29, 1.82) is 0 Å². The number of rotatable bonds is 31. The number of H-pyrrole nitrogens is 1. The average molecular weight is 1030 g/mol. The van der Waals surface area contributed by atoms with E-state index in [0.29, 0.717) is 17.4 Å². The van der Waals surface area contributed by atoms with E-state index in [1.165, 1.54) is 13.8 Å². The summed E-state index contributed by atoms with van der Waals surface area (Å²) in [6.07, 6.45) is -0.449. The molecule has 2 aromatic rings. The largest absolute Gasteiger partial charge is 0.481 e. The molecule has 0 aliphatic rings. The summed E-state index contributed by atoms with van der Waals surface area (Å²) in [5, 5.41) is 50.0. The lowest BCUT2D eigenvalue weighted by Gasteiger charge is -2.28. The molecule has 0 aliphatic heterocycles. The third-order valence-corrected chi connectivity index (χ3v) is 11.7. The zero-order valence-corrected chi connectivity index (χ0v) is 42.6. The van der Waals surface area contributed by atoms with Crippen molar-refractivity contribution >= 4 is 76.1 Å². The SMILES string of the molecule is CC[C@H](C)[C@H](NC(=O)[C@H](CC(=O)O)NC(=O)[C@H](C)NC(=O)CNC(=O)[C@H](CCCN=C(N)N)NC(=O)[C@H](Cc1c[nH]c2ccccc12)NC(=O)[C@@H](NC(=O)[C@@H](N)C(C)C)[C@@H](C)O)C(=O)N[C@@H](CC(C)C)C(=O)O. The van der Waals surface area contributed by atoms with Crippen LogP contribution in [0.4, 0.5) is 0 Å². The first kappa shape index (κ1) is 61.8. The lowest BCUT2D eigenvalue weighted by atomic mass is 9.96. The van der Waals surface area contributed by atoms with Crippen molar-refractivity contribution in [1.82, 2.24) is 47.5 Å². The molecule has 0 unspecified atom stereocenters. The van der Waals surface area contributed by atoms with Crippen molar-refractivity contribution in [2.75, 3.05) is 13.1 Å². The van der Waals surface area contributed by atoms with E-state index < -0.39 is 133 Å². The zero-order valence-electron chi connectivity index (χ0n) is 42.6. The highest BCUT2D eigenvalue weighted by Gasteiger charge is 2.36. The van der Waals surface area contributed by atoms with Crippen LogP contribution < -0.4 is 59.7 Å². The number of hydrogen-bond donors (Lipinski definition) is 15. The quantitative estimate of drug-likeness (QED) is 0.0208. The number of aliphatic hydroxyl groups excluding tert-OH is 1.